The van der Waals surface area contributed by atoms with Gasteiger partial charge in [-0.3, -0.25) is 14.8 Å². The van der Waals surface area contributed by atoms with Crippen molar-refractivity contribution in [1.29, 1.82) is 0 Å². The maximum atomic E-state index is 12.5. The first-order valence-electron chi connectivity index (χ1n) is 7.89. The summed E-state index contributed by atoms with van der Waals surface area (Å²) in [5.41, 5.74) is 1.78. The lowest BCUT2D eigenvalue weighted by Gasteiger charge is -2.15. The van der Waals surface area contributed by atoms with Crippen molar-refractivity contribution in [2.45, 2.75) is 18.2 Å². The Labute approximate surface area is 150 Å². The summed E-state index contributed by atoms with van der Waals surface area (Å²) in [6.45, 7) is 0. The van der Waals surface area contributed by atoms with Crippen LogP contribution >= 0.6 is 0 Å². The van der Waals surface area contributed by atoms with Crippen LogP contribution in [0.15, 0.2) is 61.1 Å². The van der Waals surface area contributed by atoms with E-state index in [0.717, 1.165) is 5.39 Å². The number of carbonyl (C=O) groups is 1. The molecule has 0 spiro atoms. The second-order valence-corrected chi connectivity index (χ2v) is 7.57. The van der Waals surface area contributed by atoms with Gasteiger partial charge in [-0.25, -0.2) is 13.1 Å². The molecule has 26 heavy (non-hydrogen) atoms. The monoisotopic (exact) mass is 371 g/mol. The molecule has 2 N–H and O–H groups in total. The van der Waals surface area contributed by atoms with E-state index in [1.807, 2.05) is 12.1 Å². The quantitative estimate of drug-likeness (QED) is 0.655. The van der Waals surface area contributed by atoms with Gasteiger partial charge in [0.2, 0.25) is 10.0 Å². The number of aliphatic carboxylic acids is 1. The number of aromatic nitrogens is 2. The van der Waals surface area contributed by atoms with Gasteiger partial charge in [-0.05, 0) is 35.7 Å². The maximum absolute atomic E-state index is 12.5. The topological polar surface area (TPSA) is 109 Å². The van der Waals surface area contributed by atoms with Crippen molar-refractivity contribution in [1.82, 2.24) is 14.7 Å². The third kappa shape index (κ3) is 4.41. The Kier molecular flexibility index (Phi) is 5.24. The lowest BCUT2D eigenvalue weighted by Crippen LogP contribution is -2.42. The molecule has 0 bridgehead atoms. The zero-order valence-corrected chi connectivity index (χ0v) is 14.6. The lowest BCUT2D eigenvalue weighted by atomic mass is 10.1. The van der Waals surface area contributed by atoms with Gasteiger partial charge in [0, 0.05) is 24.0 Å². The number of carboxylic acids is 1. The Hall–Kier alpha value is -2.84. The predicted molar refractivity (Wildman–Crippen MR) is 96.9 cm³/mol. The third-order valence-corrected chi connectivity index (χ3v) is 5.21. The first-order chi connectivity index (χ1) is 12.4. The van der Waals surface area contributed by atoms with Crippen molar-refractivity contribution in [2.24, 2.45) is 0 Å². The molecule has 0 fully saturated rings. The molecule has 1 aromatic carbocycles. The van der Waals surface area contributed by atoms with E-state index >= 15 is 0 Å². The molecule has 2 aromatic heterocycles. The van der Waals surface area contributed by atoms with Crippen molar-refractivity contribution in [3.8, 4) is 0 Å². The number of benzene rings is 1. The first kappa shape index (κ1) is 18.0. The van der Waals surface area contributed by atoms with Gasteiger partial charge in [0.1, 0.15) is 6.04 Å². The van der Waals surface area contributed by atoms with Crippen molar-refractivity contribution in [2.75, 3.05) is 0 Å². The molecule has 0 aliphatic carbocycles. The van der Waals surface area contributed by atoms with Crippen LogP contribution in [0.5, 0.6) is 0 Å². The van der Waals surface area contributed by atoms with E-state index in [1.165, 1.54) is 12.4 Å². The van der Waals surface area contributed by atoms with Crippen molar-refractivity contribution < 1.29 is 18.3 Å². The van der Waals surface area contributed by atoms with E-state index in [-0.39, 0.29) is 12.2 Å². The van der Waals surface area contributed by atoms with Crippen LogP contribution in [0.2, 0.25) is 0 Å². The lowest BCUT2D eigenvalue weighted by molar-refractivity contribution is -0.138. The molecule has 0 aliphatic rings. The van der Waals surface area contributed by atoms with Gasteiger partial charge < -0.3 is 5.11 Å². The van der Waals surface area contributed by atoms with Gasteiger partial charge >= 0.3 is 5.97 Å². The number of nitrogens with one attached hydrogen (secondary N) is 1. The SMILES string of the molecule is O=C(O)C(Cc1ccncc1)NS(=O)(=O)Cc1cccc2cccnc12. The summed E-state index contributed by atoms with van der Waals surface area (Å²) < 4.78 is 27.3. The number of fused-ring (bicyclic) bond motifs is 1. The number of carboxylic acid groups (broad SMARTS) is 1. The zero-order chi connectivity index (χ0) is 18.6. The van der Waals surface area contributed by atoms with Gasteiger partial charge in [-0.1, -0.05) is 24.3 Å². The van der Waals surface area contributed by atoms with E-state index in [2.05, 4.69) is 14.7 Å². The standard InChI is InChI=1S/C18H17N3O4S/c22-18(23)16(11-13-6-9-19-10-7-13)21-26(24,25)12-15-4-1-3-14-5-2-8-20-17(14)15/h1-10,16,21H,11-12H2,(H,22,23). The number of hydrogen-bond acceptors (Lipinski definition) is 5. The molecular weight excluding hydrogens is 354 g/mol. The fourth-order valence-corrected chi connectivity index (χ4v) is 4.02. The van der Waals surface area contributed by atoms with Gasteiger partial charge in [0.25, 0.3) is 0 Å². The van der Waals surface area contributed by atoms with E-state index < -0.39 is 22.0 Å². The summed E-state index contributed by atoms with van der Waals surface area (Å²) >= 11 is 0. The van der Waals surface area contributed by atoms with Gasteiger partial charge in [0.05, 0.1) is 11.3 Å². The van der Waals surface area contributed by atoms with Gasteiger partial charge in [0.15, 0.2) is 0 Å². The summed E-state index contributed by atoms with van der Waals surface area (Å²) in [4.78, 5) is 19.6. The largest absolute Gasteiger partial charge is 0.480 e. The molecule has 0 saturated carbocycles. The smallest absolute Gasteiger partial charge is 0.322 e. The molecular formula is C18H17N3O4S. The van der Waals surface area contributed by atoms with Crippen LogP contribution in [0, 0.1) is 0 Å². The summed E-state index contributed by atoms with van der Waals surface area (Å²) in [6.07, 6.45) is 4.69. The molecule has 2 heterocycles. The second-order valence-electron chi connectivity index (χ2n) is 5.82. The fourth-order valence-electron chi connectivity index (χ4n) is 2.68. The summed E-state index contributed by atoms with van der Waals surface area (Å²) in [5.74, 6) is -1.58. The van der Waals surface area contributed by atoms with Gasteiger partial charge in [-0.15, -0.1) is 0 Å². The molecule has 3 aromatic rings. The highest BCUT2D eigenvalue weighted by Crippen LogP contribution is 2.18. The average Bonchev–Trinajstić information content (AvgIpc) is 2.62. The molecule has 0 amide bonds. The highest BCUT2D eigenvalue weighted by molar-refractivity contribution is 7.88. The Balaban J connectivity index is 1.81. The normalized spacial score (nSPS) is 12.8. The molecule has 8 heteroatoms. The fraction of sp³-hybridized carbons (Fsp3) is 0.167. The van der Waals surface area contributed by atoms with E-state index in [9.17, 15) is 18.3 Å². The zero-order valence-electron chi connectivity index (χ0n) is 13.7. The number of pyridine rings is 2. The predicted octanol–water partition coefficient (Wildman–Crippen LogP) is 1.75. The molecule has 1 unspecified atom stereocenters. The number of nitrogens with zero attached hydrogens (tertiary/aromatic N) is 2. The molecule has 0 radical (unpaired) electrons. The molecule has 7 nitrogen and oxygen atoms in total. The molecule has 1 atom stereocenters. The van der Waals surface area contributed by atoms with Crippen molar-refractivity contribution in [3.05, 3.63) is 72.2 Å². The van der Waals surface area contributed by atoms with Crippen LogP contribution in [-0.2, 0) is 27.0 Å². The average molecular weight is 371 g/mol. The maximum Gasteiger partial charge on any atom is 0.322 e. The molecule has 3 rings (SSSR count). The minimum absolute atomic E-state index is 0.0326. The van der Waals surface area contributed by atoms with Crippen molar-refractivity contribution in [3.63, 3.8) is 0 Å². The van der Waals surface area contributed by atoms with Crippen molar-refractivity contribution >= 4 is 26.9 Å². The van der Waals surface area contributed by atoms with Crippen LogP contribution in [0.3, 0.4) is 0 Å². The summed E-state index contributed by atoms with van der Waals surface area (Å²) in [6, 6.07) is 10.9. The first-order valence-corrected chi connectivity index (χ1v) is 9.54. The molecule has 134 valence electrons. The van der Waals surface area contributed by atoms with Crippen LogP contribution in [-0.4, -0.2) is 35.5 Å². The minimum atomic E-state index is -3.88. The Bertz CT molecular complexity index is 1020. The van der Waals surface area contributed by atoms with E-state index in [1.54, 1.807) is 36.5 Å². The highest BCUT2D eigenvalue weighted by Gasteiger charge is 2.25. The Morgan fingerprint density at radius 1 is 1.08 bits per heavy atom. The third-order valence-electron chi connectivity index (χ3n) is 3.87. The number of para-hydroxylation sites is 1. The number of sulfonamides is 1. The number of hydrogen-bond donors (Lipinski definition) is 2. The van der Waals surface area contributed by atoms with Gasteiger partial charge in [-0.2, -0.15) is 0 Å². The second kappa shape index (κ2) is 7.59. The van der Waals surface area contributed by atoms with Crippen LogP contribution in [0.4, 0.5) is 0 Å². The van der Waals surface area contributed by atoms with Crippen LogP contribution in [0.1, 0.15) is 11.1 Å². The van der Waals surface area contributed by atoms with E-state index in [0.29, 0.717) is 16.6 Å². The Morgan fingerprint density at radius 3 is 2.54 bits per heavy atom. The highest BCUT2D eigenvalue weighted by atomic mass is 32.2. The minimum Gasteiger partial charge on any atom is -0.480 e. The molecule has 0 aliphatic heterocycles. The summed E-state index contributed by atoms with van der Waals surface area (Å²) in [5, 5.41) is 10.2. The molecule has 0 saturated heterocycles. The Morgan fingerprint density at radius 2 is 1.81 bits per heavy atom. The van der Waals surface area contributed by atoms with Crippen LogP contribution < -0.4 is 4.72 Å². The van der Waals surface area contributed by atoms with Crippen LogP contribution in [0.25, 0.3) is 10.9 Å². The summed E-state index contributed by atoms with van der Waals surface area (Å²) in [7, 11) is -3.88. The van der Waals surface area contributed by atoms with E-state index in [4.69, 9.17) is 0 Å². The number of rotatable bonds is 7.